The summed E-state index contributed by atoms with van der Waals surface area (Å²) < 4.78 is 23.5. The molecule has 5 saturated heterocycles. The average molecular weight is 809 g/mol. The molecular weight excluding hydrogens is 736 g/mol. The second-order valence-corrected chi connectivity index (χ2v) is 21.0. The molecular formula is C39H72CuN10O2S. The van der Waals surface area contributed by atoms with Gasteiger partial charge in [0.2, 0.25) is 10.0 Å². The van der Waals surface area contributed by atoms with E-state index in [1.54, 1.807) is 0 Å². The van der Waals surface area contributed by atoms with Crippen molar-refractivity contribution < 1.29 is 25.5 Å². The summed E-state index contributed by atoms with van der Waals surface area (Å²) in [5.74, 6) is 5.65. The maximum Gasteiger partial charge on any atom is 0.209 e. The van der Waals surface area contributed by atoms with Crippen LogP contribution >= 0.6 is 0 Å². The Kier molecular flexibility index (Phi) is 12.6. The molecule has 9 rings (SSSR count). The Balaban J connectivity index is 0.00000400. The van der Waals surface area contributed by atoms with Crippen molar-refractivity contribution in [3.8, 4) is 0 Å². The summed E-state index contributed by atoms with van der Waals surface area (Å²) in [6, 6.07) is 0.409. The Labute approximate surface area is 330 Å². The summed E-state index contributed by atoms with van der Waals surface area (Å²) in [6.07, 6.45) is 24.7. The van der Waals surface area contributed by atoms with Gasteiger partial charge in [0.25, 0.3) is 0 Å². The number of primary sulfonamides is 1. The molecule has 0 spiro atoms. The van der Waals surface area contributed by atoms with Gasteiger partial charge in [-0.05, 0) is 132 Å². The van der Waals surface area contributed by atoms with Crippen LogP contribution in [-0.4, -0.2) is 88.5 Å². The normalized spacial score (nSPS) is 48.6. The minimum atomic E-state index is -3.43. The SMILES string of the molecule is CN(C)C(CCCCS(N)(=O)=O)C1CCCC2C3NC4NC(NC5NC(NC6NC(NC(N3)C21)C1CCCCC61)C1CCCCC51)C1CCCCC41.[Cu]. The Bertz CT molecular complexity index is 1340. The van der Waals surface area contributed by atoms with Gasteiger partial charge in [-0.3, -0.25) is 42.5 Å². The quantitative estimate of drug-likeness (QED) is 0.137. The Morgan fingerprint density at radius 1 is 0.509 bits per heavy atom. The predicted octanol–water partition coefficient (Wildman–Crippen LogP) is 2.22. The van der Waals surface area contributed by atoms with Gasteiger partial charge in [0.1, 0.15) is 0 Å². The van der Waals surface area contributed by atoms with E-state index in [1.165, 1.54) is 96.3 Å². The molecule has 5 heterocycles. The first-order chi connectivity index (χ1) is 25.2. The molecule has 5 aliphatic heterocycles. The van der Waals surface area contributed by atoms with Crippen LogP contribution < -0.4 is 47.7 Å². The van der Waals surface area contributed by atoms with E-state index >= 15 is 0 Å². The number of hydrogen-bond donors (Lipinski definition) is 9. The first-order valence-corrected chi connectivity index (χ1v) is 23.7. The molecule has 18 atom stereocenters. The van der Waals surface area contributed by atoms with E-state index in [0.29, 0.717) is 96.6 Å². The van der Waals surface area contributed by atoms with Crippen LogP contribution in [0.3, 0.4) is 0 Å². The smallest absolute Gasteiger partial charge is 0.209 e. The van der Waals surface area contributed by atoms with Gasteiger partial charge in [0, 0.05) is 23.1 Å². The fourth-order valence-corrected chi connectivity index (χ4v) is 14.7. The van der Waals surface area contributed by atoms with E-state index in [1.807, 2.05) is 0 Å². The van der Waals surface area contributed by atoms with Crippen molar-refractivity contribution in [3.63, 3.8) is 0 Å². The fraction of sp³-hybridized carbons (Fsp3) is 1.00. The summed E-state index contributed by atoms with van der Waals surface area (Å²) in [4.78, 5) is 2.45. The van der Waals surface area contributed by atoms with Gasteiger partial charge in [-0.25, -0.2) is 13.6 Å². The Morgan fingerprint density at radius 3 is 1.21 bits per heavy atom. The summed E-state index contributed by atoms with van der Waals surface area (Å²) in [5.41, 5.74) is 0. The van der Waals surface area contributed by atoms with E-state index in [9.17, 15) is 8.42 Å². The van der Waals surface area contributed by atoms with Gasteiger partial charge in [0.05, 0.1) is 55.1 Å². The maximum atomic E-state index is 11.8. The minimum absolute atomic E-state index is 0. The molecule has 9 fully saturated rings. The van der Waals surface area contributed by atoms with Gasteiger partial charge in [0.15, 0.2) is 0 Å². The van der Waals surface area contributed by atoms with E-state index in [-0.39, 0.29) is 41.3 Å². The maximum absolute atomic E-state index is 11.8. The van der Waals surface area contributed by atoms with Crippen LogP contribution in [0.1, 0.15) is 116 Å². The van der Waals surface area contributed by atoms with Crippen LogP contribution in [0.5, 0.6) is 0 Å². The standard InChI is InChI=1S/C39H72N10O2S.Cu/c1-49(2)30(20-9-10-21-52(40,50)51)28-18-11-19-29-31(28)39-47-37-27-17-8-7-16-26(27)35(45-37)43-33-23-13-4-3-12-22(23)32(41-33)42-34-24-14-5-6-15-25(24)36(44-34)46-38(29)48-39;/h22-39,41-48H,3-21H2,1-2H3,(H2,40,50,51);. The number of fused-ring (bicyclic) bond motifs is 20. The summed E-state index contributed by atoms with van der Waals surface area (Å²) in [7, 11) is 1.06. The third-order valence-electron chi connectivity index (χ3n) is 16.3. The van der Waals surface area contributed by atoms with Crippen molar-refractivity contribution in [1.29, 1.82) is 0 Å². The zero-order valence-corrected chi connectivity index (χ0v) is 34.1. The van der Waals surface area contributed by atoms with Crippen molar-refractivity contribution >= 4 is 10.0 Å². The summed E-state index contributed by atoms with van der Waals surface area (Å²) in [5, 5.41) is 39.6. The zero-order valence-electron chi connectivity index (χ0n) is 32.4. The van der Waals surface area contributed by atoms with E-state index in [4.69, 9.17) is 5.14 Å². The molecule has 4 aliphatic carbocycles. The molecule has 307 valence electrons. The molecule has 10 N–H and O–H groups in total. The van der Waals surface area contributed by atoms with Crippen LogP contribution in [0.4, 0.5) is 0 Å². The van der Waals surface area contributed by atoms with Gasteiger partial charge >= 0.3 is 0 Å². The number of hydrogen-bond acceptors (Lipinski definition) is 11. The number of nitrogens with one attached hydrogen (secondary N) is 8. The molecule has 53 heavy (non-hydrogen) atoms. The molecule has 14 heteroatoms. The van der Waals surface area contributed by atoms with Crippen molar-refractivity contribution in [3.05, 3.63) is 0 Å². The Morgan fingerprint density at radius 2 is 0.849 bits per heavy atom. The van der Waals surface area contributed by atoms with Crippen molar-refractivity contribution in [2.24, 2.45) is 58.4 Å². The molecule has 8 bridgehead atoms. The van der Waals surface area contributed by atoms with Crippen molar-refractivity contribution in [2.45, 2.75) is 171 Å². The summed E-state index contributed by atoms with van der Waals surface area (Å²) in [6.45, 7) is 0. The molecule has 0 amide bonds. The zero-order chi connectivity index (χ0) is 35.6. The predicted molar refractivity (Wildman–Crippen MR) is 205 cm³/mol. The number of nitrogens with two attached hydrogens (primary N) is 1. The number of sulfonamides is 1. The van der Waals surface area contributed by atoms with Gasteiger partial charge < -0.3 is 4.90 Å². The molecule has 0 aromatic rings. The van der Waals surface area contributed by atoms with E-state index < -0.39 is 10.0 Å². The minimum Gasteiger partial charge on any atom is -0.306 e. The second-order valence-electron chi connectivity index (χ2n) is 19.2. The largest absolute Gasteiger partial charge is 0.306 e. The topological polar surface area (TPSA) is 160 Å². The molecule has 0 aromatic heterocycles. The molecule has 4 saturated carbocycles. The van der Waals surface area contributed by atoms with Crippen LogP contribution in [0.25, 0.3) is 0 Å². The fourth-order valence-electron chi connectivity index (χ4n) is 14.1. The van der Waals surface area contributed by atoms with Crippen LogP contribution in [0.2, 0.25) is 0 Å². The first kappa shape index (κ1) is 39.9. The van der Waals surface area contributed by atoms with Crippen molar-refractivity contribution in [1.82, 2.24) is 47.4 Å². The monoisotopic (exact) mass is 807 g/mol. The Hall–Kier alpha value is 0.0695. The van der Waals surface area contributed by atoms with E-state index in [2.05, 4.69) is 61.5 Å². The van der Waals surface area contributed by atoms with Gasteiger partial charge in [-0.15, -0.1) is 0 Å². The number of unbranched alkanes of at least 4 members (excludes halogenated alkanes) is 1. The van der Waals surface area contributed by atoms with Crippen LogP contribution in [0.15, 0.2) is 0 Å². The van der Waals surface area contributed by atoms with Gasteiger partial charge in [-0.2, -0.15) is 0 Å². The molecule has 12 nitrogen and oxygen atoms in total. The van der Waals surface area contributed by atoms with Crippen LogP contribution in [0, 0.1) is 53.3 Å². The molecule has 0 aromatic carbocycles. The number of nitrogens with zero attached hydrogens (tertiary/aromatic N) is 1. The molecule has 18 unspecified atom stereocenters. The van der Waals surface area contributed by atoms with Crippen LogP contribution in [-0.2, 0) is 27.1 Å². The van der Waals surface area contributed by atoms with Crippen molar-refractivity contribution in [2.75, 3.05) is 19.8 Å². The second kappa shape index (κ2) is 16.7. The molecule has 9 aliphatic rings. The number of rotatable bonds is 7. The third-order valence-corrected chi connectivity index (χ3v) is 17.1. The molecule has 1 radical (unpaired) electrons. The average Bonchev–Trinajstić information content (AvgIpc) is 3.87. The van der Waals surface area contributed by atoms with Gasteiger partial charge in [-0.1, -0.05) is 51.4 Å². The third kappa shape index (κ3) is 8.08. The first-order valence-electron chi connectivity index (χ1n) is 22.0. The van der Waals surface area contributed by atoms with E-state index in [0.717, 1.165) is 12.8 Å². The summed E-state index contributed by atoms with van der Waals surface area (Å²) >= 11 is 0.